The third kappa shape index (κ3) is 4.65. The van der Waals surface area contributed by atoms with Crippen LogP contribution in [0.25, 0.3) is 0 Å². The molecule has 1 aromatic heterocycles. The topological polar surface area (TPSA) is 91.3 Å². The van der Waals surface area contributed by atoms with Gasteiger partial charge >= 0.3 is 5.97 Å². The summed E-state index contributed by atoms with van der Waals surface area (Å²) in [5.74, 6) is -1.23. The second-order valence-electron chi connectivity index (χ2n) is 4.65. The molecular weight excluding hydrogens is 314 g/mol. The highest BCUT2D eigenvalue weighted by Gasteiger charge is 2.11. The number of thiazole rings is 1. The fourth-order valence-corrected chi connectivity index (χ4v) is 2.69. The summed E-state index contributed by atoms with van der Waals surface area (Å²) in [6.45, 7) is 4.60. The summed E-state index contributed by atoms with van der Waals surface area (Å²) in [7, 11) is 0. The summed E-state index contributed by atoms with van der Waals surface area (Å²) >= 11 is 1.27. The van der Waals surface area contributed by atoms with Crippen molar-refractivity contribution in [1.29, 1.82) is 0 Å². The SMILES string of the molecule is C=CCNc1ccccc1C(=O)NCCc1nc(C(=O)O)cs1. The molecule has 120 valence electrons. The summed E-state index contributed by atoms with van der Waals surface area (Å²) in [6.07, 6.45) is 2.21. The van der Waals surface area contributed by atoms with E-state index >= 15 is 0 Å². The van der Waals surface area contributed by atoms with Gasteiger partial charge in [0.05, 0.1) is 10.6 Å². The average Bonchev–Trinajstić information content (AvgIpc) is 3.02. The molecule has 1 aromatic carbocycles. The van der Waals surface area contributed by atoms with Crippen molar-refractivity contribution in [2.75, 3.05) is 18.4 Å². The number of anilines is 1. The Hall–Kier alpha value is -2.67. The number of carboxylic acids is 1. The summed E-state index contributed by atoms with van der Waals surface area (Å²) in [5, 5.41) is 16.9. The van der Waals surface area contributed by atoms with Crippen molar-refractivity contribution >= 4 is 28.9 Å². The largest absolute Gasteiger partial charge is 0.476 e. The summed E-state index contributed by atoms with van der Waals surface area (Å²) < 4.78 is 0. The van der Waals surface area contributed by atoms with Crippen molar-refractivity contribution in [3.8, 4) is 0 Å². The maximum absolute atomic E-state index is 12.2. The van der Waals surface area contributed by atoms with Crippen LogP contribution in [0.2, 0.25) is 0 Å². The Labute approximate surface area is 137 Å². The predicted molar refractivity (Wildman–Crippen MR) is 90.2 cm³/mol. The number of amides is 1. The van der Waals surface area contributed by atoms with Crippen LogP contribution in [0.1, 0.15) is 25.9 Å². The van der Waals surface area contributed by atoms with Crippen LogP contribution in [0.5, 0.6) is 0 Å². The third-order valence-corrected chi connectivity index (χ3v) is 3.91. The van der Waals surface area contributed by atoms with Crippen LogP contribution in [-0.4, -0.2) is 35.1 Å². The van der Waals surface area contributed by atoms with Gasteiger partial charge in [-0.25, -0.2) is 9.78 Å². The highest BCUT2D eigenvalue weighted by molar-refractivity contribution is 7.09. The van der Waals surface area contributed by atoms with Gasteiger partial charge < -0.3 is 15.7 Å². The van der Waals surface area contributed by atoms with Gasteiger partial charge in [0, 0.05) is 30.6 Å². The van der Waals surface area contributed by atoms with Crippen molar-refractivity contribution < 1.29 is 14.7 Å². The number of hydrogen-bond donors (Lipinski definition) is 3. The van der Waals surface area contributed by atoms with Crippen molar-refractivity contribution in [2.45, 2.75) is 6.42 Å². The molecule has 3 N–H and O–H groups in total. The maximum Gasteiger partial charge on any atom is 0.355 e. The first-order chi connectivity index (χ1) is 11.1. The molecule has 0 spiro atoms. The Morgan fingerprint density at radius 3 is 2.83 bits per heavy atom. The van der Waals surface area contributed by atoms with Crippen LogP contribution in [0.3, 0.4) is 0 Å². The third-order valence-electron chi connectivity index (χ3n) is 3.00. The number of aromatic carboxylic acids is 1. The molecule has 6 nitrogen and oxygen atoms in total. The Morgan fingerprint density at radius 2 is 2.13 bits per heavy atom. The number of para-hydroxylation sites is 1. The molecule has 0 aliphatic heterocycles. The fraction of sp³-hybridized carbons (Fsp3) is 0.188. The van der Waals surface area contributed by atoms with Crippen LogP contribution < -0.4 is 10.6 Å². The van der Waals surface area contributed by atoms with Crippen molar-refractivity contribution in [1.82, 2.24) is 10.3 Å². The molecule has 0 saturated carbocycles. The van der Waals surface area contributed by atoms with Crippen molar-refractivity contribution in [2.24, 2.45) is 0 Å². The minimum Gasteiger partial charge on any atom is -0.476 e. The second kappa shape index (κ2) is 8.09. The zero-order chi connectivity index (χ0) is 16.7. The number of carbonyl (C=O) groups excluding carboxylic acids is 1. The Balaban J connectivity index is 1.91. The van der Waals surface area contributed by atoms with Gasteiger partial charge in [0.1, 0.15) is 0 Å². The standard InChI is InChI=1S/C16H17N3O3S/c1-2-8-17-12-6-4-3-5-11(12)15(20)18-9-7-14-19-13(10-23-14)16(21)22/h2-6,10,17H,1,7-9H2,(H,18,20)(H,21,22). The van der Waals surface area contributed by atoms with E-state index in [2.05, 4.69) is 22.2 Å². The molecule has 0 aliphatic carbocycles. The average molecular weight is 331 g/mol. The lowest BCUT2D eigenvalue weighted by atomic mass is 10.1. The van der Waals surface area contributed by atoms with E-state index in [1.165, 1.54) is 16.7 Å². The van der Waals surface area contributed by atoms with Gasteiger partial charge in [-0.1, -0.05) is 18.2 Å². The maximum atomic E-state index is 12.2. The van der Waals surface area contributed by atoms with E-state index in [0.717, 1.165) is 5.69 Å². The molecule has 1 amide bonds. The zero-order valence-corrected chi connectivity index (χ0v) is 13.2. The molecule has 7 heteroatoms. The van der Waals surface area contributed by atoms with Gasteiger partial charge in [-0.2, -0.15) is 0 Å². The quantitative estimate of drug-likeness (QED) is 0.646. The monoisotopic (exact) mass is 331 g/mol. The van der Waals surface area contributed by atoms with Crippen LogP contribution in [0, 0.1) is 0 Å². The number of nitrogens with one attached hydrogen (secondary N) is 2. The minimum atomic E-state index is -1.04. The number of carbonyl (C=O) groups is 2. The highest BCUT2D eigenvalue weighted by atomic mass is 32.1. The van der Waals surface area contributed by atoms with Gasteiger partial charge in [0.25, 0.3) is 5.91 Å². The summed E-state index contributed by atoms with van der Waals surface area (Å²) in [4.78, 5) is 27.0. The van der Waals surface area contributed by atoms with E-state index in [9.17, 15) is 9.59 Å². The molecule has 0 radical (unpaired) electrons. The van der Waals surface area contributed by atoms with E-state index < -0.39 is 5.97 Å². The molecule has 0 atom stereocenters. The first kappa shape index (κ1) is 16.7. The number of aromatic nitrogens is 1. The molecule has 0 aliphatic rings. The molecular formula is C16H17N3O3S. The van der Waals surface area contributed by atoms with Gasteiger partial charge in [-0.05, 0) is 12.1 Å². The van der Waals surface area contributed by atoms with Gasteiger partial charge in [-0.3, -0.25) is 4.79 Å². The van der Waals surface area contributed by atoms with Gasteiger partial charge in [0.2, 0.25) is 0 Å². The molecule has 0 saturated heterocycles. The Bertz CT molecular complexity index is 712. The first-order valence-corrected chi connectivity index (χ1v) is 7.89. The van der Waals surface area contributed by atoms with Crippen LogP contribution in [0.4, 0.5) is 5.69 Å². The van der Waals surface area contributed by atoms with Crippen molar-refractivity contribution in [3.63, 3.8) is 0 Å². The van der Waals surface area contributed by atoms with Crippen molar-refractivity contribution in [3.05, 3.63) is 58.6 Å². The smallest absolute Gasteiger partial charge is 0.355 e. The second-order valence-corrected chi connectivity index (χ2v) is 5.60. The van der Waals surface area contributed by atoms with E-state index in [1.807, 2.05) is 12.1 Å². The predicted octanol–water partition coefficient (Wildman–Crippen LogP) is 2.41. The van der Waals surface area contributed by atoms with E-state index in [-0.39, 0.29) is 11.6 Å². The summed E-state index contributed by atoms with van der Waals surface area (Å²) in [5.41, 5.74) is 1.34. The Kier molecular flexibility index (Phi) is 5.87. The molecule has 1 heterocycles. The van der Waals surface area contributed by atoms with Gasteiger partial charge in [0.15, 0.2) is 5.69 Å². The van der Waals surface area contributed by atoms with Crippen LogP contribution >= 0.6 is 11.3 Å². The highest BCUT2D eigenvalue weighted by Crippen LogP contribution is 2.15. The lowest BCUT2D eigenvalue weighted by Crippen LogP contribution is -2.26. The van der Waals surface area contributed by atoms with E-state index in [4.69, 9.17) is 5.11 Å². The number of benzene rings is 1. The van der Waals surface area contributed by atoms with Crippen LogP contribution in [-0.2, 0) is 6.42 Å². The lowest BCUT2D eigenvalue weighted by Gasteiger charge is -2.10. The van der Waals surface area contributed by atoms with Crippen LogP contribution in [0.15, 0.2) is 42.3 Å². The molecule has 23 heavy (non-hydrogen) atoms. The first-order valence-electron chi connectivity index (χ1n) is 7.01. The van der Waals surface area contributed by atoms with E-state index in [0.29, 0.717) is 30.1 Å². The molecule has 2 rings (SSSR count). The molecule has 0 fully saturated rings. The zero-order valence-electron chi connectivity index (χ0n) is 12.4. The fourth-order valence-electron chi connectivity index (χ4n) is 1.92. The van der Waals surface area contributed by atoms with E-state index in [1.54, 1.807) is 18.2 Å². The number of carboxylic acid groups (broad SMARTS) is 1. The number of nitrogens with zero attached hydrogens (tertiary/aromatic N) is 1. The number of rotatable bonds is 8. The number of hydrogen-bond acceptors (Lipinski definition) is 5. The molecule has 0 unspecified atom stereocenters. The molecule has 2 aromatic rings. The molecule has 0 bridgehead atoms. The van der Waals surface area contributed by atoms with Gasteiger partial charge in [-0.15, -0.1) is 17.9 Å². The summed E-state index contributed by atoms with van der Waals surface area (Å²) in [6, 6.07) is 7.23. The minimum absolute atomic E-state index is 0.0373. The normalized spacial score (nSPS) is 10.1. The Morgan fingerprint density at radius 1 is 1.35 bits per heavy atom. The lowest BCUT2D eigenvalue weighted by molar-refractivity contribution is 0.0690.